The first-order chi connectivity index (χ1) is 17.5. The molecule has 0 bridgehead atoms. The first kappa shape index (κ1) is 23.5. The van der Waals surface area contributed by atoms with E-state index in [1.807, 2.05) is 64.2 Å². The number of amides is 2. The summed E-state index contributed by atoms with van der Waals surface area (Å²) in [5.74, 6) is 1.80. The zero-order valence-electron chi connectivity index (χ0n) is 20.3. The Morgan fingerprint density at radius 1 is 1.06 bits per heavy atom. The number of likely N-dealkylation sites (tertiary alicyclic amines) is 1. The van der Waals surface area contributed by atoms with Crippen molar-refractivity contribution < 1.29 is 14.3 Å². The van der Waals surface area contributed by atoms with Crippen LogP contribution < -0.4 is 10.1 Å². The Hall–Kier alpha value is -4.27. The van der Waals surface area contributed by atoms with Crippen LogP contribution in [0.5, 0.6) is 11.5 Å². The maximum atomic E-state index is 12.3. The molecule has 184 valence electrons. The van der Waals surface area contributed by atoms with Crippen molar-refractivity contribution in [1.29, 1.82) is 0 Å². The number of rotatable bonds is 6. The Morgan fingerprint density at radius 2 is 1.81 bits per heavy atom. The highest BCUT2D eigenvalue weighted by atomic mass is 16.5. The van der Waals surface area contributed by atoms with Gasteiger partial charge in [0, 0.05) is 32.0 Å². The van der Waals surface area contributed by atoms with Gasteiger partial charge in [-0.05, 0) is 49.2 Å². The fourth-order valence-electron chi connectivity index (χ4n) is 4.49. The Morgan fingerprint density at radius 3 is 2.53 bits per heavy atom. The lowest BCUT2D eigenvalue weighted by Gasteiger charge is -2.32. The second-order valence-corrected chi connectivity index (χ2v) is 8.82. The largest absolute Gasteiger partial charge is 0.457 e. The molecular formula is C27H28N6O3. The van der Waals surface area contributed by atoms with E-state index in [9.17, 15) is 9.59 Å². The van der Waals surface area contributed by atoms with Gasteiger partial charge in [-0.1, -0.05) is 25.1 Å². The van der Waals surface area contributed by atoms with E-state index in [2.05, 4.69) is 15.3 Å². The summed E-state index contributed by atoms with van der Waals surface area (Å²) in [6.45, 7) is 4.69. The van der Waals surface area contributed by atoms with Crippen LogP contribution in [0, 0.1) is 0 Å². The van der Waals surface area contributed by atoms with Crippen LogP contribution >= 0.6 is 0 Å². The molecule has 2 aromatic carbocycles. The highest BCUT2D eigenvalue weighted by Gasteiger charge is 2.28. The lowest BCUT2D eigenvalue weighted by molar-refractivity contribution is -0.130. The quantitative estimate of drug-likeness (QED) is 0.421. The van der Waals surface area contributed by atoms with Crippen LogP contribution in [0.25, 0.3) is 22.3 Å². The van der Waals surface area contributed by atoms with Crippen LogP contribution in [0.2, 0.25) is 0 Å². The fourth-order valence-corrected chi connectivity index (χ4v) is 4.49. The topological polar surface area (TPSA) is 102 Å². The number of piperidine rings is 1. The van der Waals surface area contributed by atoms with Gasteiger partial charge in [0.25, 0.3) is 0 Å². The van der Waals surface area contributed by atoms with Gasteiger partial charge in [0.2, 0.25) is 11.8 Å². The predicted molar refractivity (Wildman–Crippen MR) is 137 cm³/mol. The number of hydrogen-bond acceptors (Lipinski definition) is 6. The summed E-state index contributed by atoms with van der Waals surface area (Å²) in [4.78, 5) is 35.1. The minimum absolute atomic E-state index is 0.0239. The molecule has 1 fully saturated rings. The molecule has 0 unspecified atom stereocenters. The molecule has 1 saturated heterocycles. The van der Waals surface area contributed by atoms with E-state index >= 15 is 0 Å². The normalized spacial score (nSPS) is 15.6. The average molecular weight is 485 g/mol. The van der Waals surface area contributed by atoms with Crippen molar-refractivity contribution in [3.63, 3.8) is 0 Å². The zero-order valence-corrected chi connectivity index (χ0v) is 20.3. The van der Waals surface area contributed by atoms with Gasteiger partial charge in [0.05, 0.1) is 11.4 Å². The number of anilines is 1. The van der Waals surface area contributed by atoms with Crippen LogP contribution in [0.1, 0.15) is 39.2 Å². The Bertz CT molecular complexity index is 1380. The summed E-state index contributed by atoms with van der Waals surface area (Å²) < 4.78 is 7.82. The number of aromatic nitrogens is 4. The minimum Gasteiger partial charge on any atom is -0.457 e. The van der Waals surface area contributed by atoms with E-state index in [1.165, 1.54) is 6.33 Å². The highest BCUT2D eigenvalue weighted by molar-refractivity contribution is 6.04. The molecule has 2 aromatic heterocycles. The molecule has 0 saturated carbocycles. The summed E-state index contributed by atoms with van der Waals surface area (Å²) in [5.41, 5.74) is 2.15. The second-order valence-electron chi connectivity index (χ2n) is 8.82. The van der Waals surface area contributed by atoms with Gasteiger partial charge in [-0.2, -0.15) is 5.10 Å². The second kappa shape index (κ2) is 10.2. The molecule has 1 aliphatic heterocycles. The monoisotopic (exact) mass is 484 g/mol. The van der Waals surface area contributed by atoms with Crippen LogP contribution in [0.15, 0.2) is 60.9 Å². The van der Waals surface area contributed by atoms with E-state index in [-0.39, 0.29) is 17.9 Å². The molecule has 5 rings (SSSR count). The number of carbonyl (C=O) groups excluding carboxylic acids is 2. The SMILES string of the molecule is CCC(=O)Nc1ncnc2c1c(-c1ccc(Oc3ccccc3)cc1)nn2[C@@H]1CCCN(C(C)=O)C1. The zero-order chi connectivity index (χ0) is 25.1. The predicted octanol–water partition coefficient (Wildman–Crippen LogP) is 4.82. The first-order valence-electron chi connectivity index (χ1n) is 12.2. The molecule has 2 amide bonds. The third kappa shape index (κ3) is 4.77. The maximum absolute atomic E-state index is 12.3. The molecule has 36 heavy (non-hydrogen) atoms. The fraction of sp³-hybridized carbons (Fsp3) is 0.296. The van der Waals surface area contributed by atoms with Crippen molar-refractivity contribution in [2.24, 2.45) is 0 Å². The summed E-state index contributed by atoms with van der Waals surface area (Å²) in [5, 5.41) is 8.54. The van der Waals surface area contributed by atoms with Gasteiger partial charge in [-0.25, -0.2) is 14.6 Å². The maximum Gasteiger partial charge on any atom is 0.225 e. The van der Waals surface area contributed by atoms with Crippen molar-refractivity contribution >= 4 is 28.7 Å². The molecule has 1 aliphatic rings. The van der Waals surface area contributed by atoms with E-state index in [1.54, 1.807) is 13.8 Å². The smallest absolute Gasteiger partial charge is 0.225 e. The number of benzene rings is 2. The lowest BCUT2D eigenvalue weighted by Crippen LogP contribution is -2.39. The molecule has 1 N–H and O–H groups in total. The minimum atomic E-state index is -0.138. The molecular weight excluding hydrogens is 456 g/mol. The number of hydrogen-bond donors (Lipinski definition) is 1. The lowest BCUT2D eigenvalue weighted by atomic mass is 10.1. The average Bonchev–Trinajstić information content (AvgIpc) is 3.30. The van der Waals surface area contributed by atoms with Gasteiger partial charge < -0.3 is 15.0 Å². The Labute approximate surface area is 209 Å². The summed E-state index contributed by atoms with van der Waals surface area (Å²) in [6.07, 6.45) is 3.54. The molecule has 4 aromatic rings. The number of ether oxygens (including phenoxy) is 1. The van der Waals surface area contributed by atoms with Gasteiger partial charge in [-0.15, -0.1) is 0 Å². The summed E-state index contributed by atoms with van der Waals surface area (Å²) >= 11 is 0. The number of fused-ring (bicyclic) bond motifs is 1. The first-order valence-corrected chi connectivity index (χ1v) is 12.2. The van der Waals surface area contributed by atoms with E-state index in [0.717, 1.165) is 30.7 Å². The molecule has 0 aliphatic carbocycles. The van der Waals surface area contributed by atoms with Crippen molar-refractivity contribution in [1.82, 2.24) is 24.6 Å². The van der Waals surface area contributed by atoms with Gasteiger partial charge in [-0.3, -0.25) is 9.59 Å². The number of carbonyl (C=O) groups is 2. The van der Waals surface area contributed by atoms with Gasteiger partial charge in [0.1, 0.15) is 29.3 Å². The van der Waals surface area contributed by atoms with E-state index < -0.39 is 0 Å². The highest BCUT2D eigenvalue weighted by Crippen LogP contribution is 2.35. The van der Waals surface area contributed by atoms with Gasteiger partial charge >= 0.3 is 0 Å². The molecule has 1 atom stereocenters. The van der Waals surface area contributed by atoms with Crippen molar-refractivity contribution in [2.75, 3.05) is 18.4 Å². The van der Waals surface area contributed by atoms with Gasteiger partial charge in [0.15, 0.2) is 5.65 Å². The molecule has 0 radical (unpaired) electrons. The number of para-hydroxylation sites is 1. The third-order valence-electron chi connectivity index (χ3n) is 6.36. The Balaban J connectivity index is 1.56. The standard InChI is InChI=1S/C27H28N6O3/c1-3-23(35)30-26-24-25(19-11-13-22(14-12-19)36-21-9-5-4-6-10-21)31-33(27(24)29-17-28-26)20-8-7-15-32(16-20)18(2)34/h4-6,9-14,17,20H,3,7-8,15-16H2,1-2H3,(H,28,29,30,35)/t20-/m1/s1. The van der Waals surface area contributed by atoms with Crippen molar-refractivity contribution in [2.45, 2.75) is 39.2 Å². The molecule has 3 heterocycles. The van der Waals surface area contributed by atoms with Crippen LogP contribution in [0.3, 0.4) is 0 Å². The van der Waals surface area contributed by atoms with E-state index in [0.29, 0.717) is 41.3 Å². The molecule has 0 spiro atoms. The molecule has 9 nitrogen and oxygen atoms in total. The van der Waals surface area contributed by atoms with Crippen LogP contribution in [-0.2, 0) is 9.59 Å². The van der Waals surface area contributed by atoms with Crippen LogP contribution in [0.4, 0.5) is 5.82 Å². The van der Waals surface area contributed by atoms with Crippen molar-refractivity contribution in [3.05, 3.63) is 60.9 Å². The third-order valence-corrected chi connectivity index (χ3v) is 6.36. The van der Waals surface area contributed by atoms with Crippen LogP contribution in [-0.4, -0.2) is 49.6 Å². The summed E-state index contributed by atoms with van der Waals surface area (Å²) in [6, 6.07) is 17.2. The number of nitrogens with zero attached hydrogens (tertiary/aromatic N) is 5. The summed E-state index contributed by atoms with van der Waals surface area (Å²) in [7, 11) is 0. The molecule has 9 heteroatoms. The van der Waals surface area contributed by atoms with E-state index in [4.69, 9.17) is 9.84 Å². The number of nitrogens with one attached hydrogen (secondary N) is 1. The van der Waals surface area contributed by atoms with Crippen molar-refractivity contribution in [3.8, 4) is 22.8 Å². The Kier molecular flexibility index (Phi) is 6.62.